The van der Waals surface area contributed by atoms with Crippen LogP contribution < -0.4 is 11.1 Å². The van der Waals surface area contributed by atoms with Gasteiger partial charge in [-0.1, -0.05) is 61.4 Å². The monoisotopic (exact) mass is 480 g/mol. The molecule has 0 fully saturated rings. The molecule has 0 saturated carbocycles. The Bertz CT molecular complexity index is 1210. The molecular formula is C27H30Cl2N4. The van der Waals surface area contributed by atoms with Crippen LogP contribution in [0.25, 0.3) is 21.8 Å². The summed E-state index contributed by atoms with van der Waals surface area (Å²) in [5.74, 6) is 0. The van der Waals surface area contributed by atoms with Crippen LogP contribution in [0, 0.1) is 0 Å². The van der Waals surface area contributed by atoms with E-state index in [0.717, 1.165) is 58.9 Å². The maximum atomic E-state index is 6.50. The molecule has 2 heterocycles. The topological polar surface area (TPSA) is 63.8 Å². The van der Waals surface area contributed by atoms with Crippen molar-refractivity contribution in [1.29, 1.82) is 0 Å². The molecule has 0 amide bonds. The summed E-state index contributed by atoms with van der Waals surface area (Å²) in [6.07, 6.45) is 11.9. The first kappa shape index (κ1) is 23.7. The zero-order valence-electron chi connectivity index (χ0n) is 18.7. The Morgan fingerprint density at radius 1 is 0.727 bits per heavy atom. The number of nitrogens with zero attached hydrogens (tertiary/aromatic N) is 2. The molecule has 0 saturated heterocycles. The van der Waals surface area contributed by atoms with Crippen molar-refractivity contribution in [2.45, 2.75) is 51.0 Å². The first-order valence-corrected chi connectivity index (χ1v) is 12.5. The van der Waals surface area contributed by atoms with Crippen molar-refractivity contribution in [3.8, 4) is 0 Å². The maximum absolute atomic E-state index is 6.50. The van der Waals surface area contributed by atoms with Crippen molar-refractivity contribution in [1.82, 2.24) is 9.97 Å². The molecule has 3 N–H and O–H groups in total. The molecule has 2 aromatic heterocycles. The number of unbranched alkanes of at least 4 members (excludes halogenated alkanes) is 5. The van der Waals surface area contributed by atoms with Crippen LogP contribution in [0.15, 0.2) is 60.9 Å². The van der Waals surface area contributed by atoms with Gasteiger partial charge in [0.15, 0.2) is 0 Å². The highest BCUT2D eigenvalue weighted by atomic mass is 35.5. The molecule has 4 aromatic rings. The van der Waals surface area contributed by atoms with E-state index < -0.39 is 0 Å². The molecule has 4 rings (SSSR count). The zero-order valence-corrected chi connectivity index (χ0v) is 20.2. The van der Waals surface area contributed by atoms with Gasteiger partial charge in [0.05, 0.1) is 11.0 Å². The Hall–Kier alpha value is -2.40. The fourth-order valence-electron chi connectivity index (χ4n) is 4.32. The van der Waals surface area contributed by atoms with E-state index in [4.69, 9.17) is 28.9 Å². The predicted octanol–water partition coefficient (Wildman–Crippen LogP) is 7.93. The smallest absolute Gasteiger partial charge is 0.0737 e. The minimum absolute atomic E-state index is 0.0333. The third-order valence-corrected chi connectivity index (χ3v) is 6.57. The van der Waals surface area contributed by atoms with Gasteiger partial charge in [0.2, 0.25) is 0 Å². The van der Waals surface area contributed by atoms with E-state index in [1.807, 2.05) is 60.9 Å². The fourth-order valence-corrected chi connectivity index (χ4v) is 4.65. The summed E-state index contributed by atoms with van der Waals surface area (Å²) in [5.41, 5.74) is 10.6. The summed E-state index contributed by atoms with van der Waals surface area (Å²) < 4.78 is 0. The van der Waals surface area contributed by atoms with Crippen LogP contribution in [0.5, 0.6) is 0 Å². The predicted molar refractivity (Wildman–Crippen MR) is 141 cm³/mol. The van der Waals surface area contributed by atoms with E-state index in [-0.39, 0.29) is 6.04 Å². The lowest BCUT2D eigenvalue weighted by Gasteiger charge is -2.14. The summed E-state index contributed by atoms with van der Waals surface area (Å²) in [7, 11) is 0. The largest absolute Gasteiger partial charge is 0.384 e. The molecule has 0 spiro atoms. The fraction of sp³-hybridized carbons (Fsp3) is 0.333. The highest BCUT2D eigenvalue weighted by molar-refractivity contribution is 6.31. The van der Waals surface area contributed by atoms with Crippen LogP contribution in [0.4, 0.5) is 5.69 Å². The third-order valence-electron chi connectivity index (χ3n) is 6.10. The molecule has 1 atom stereocenters. The van der Waals surface area contributed by atoms with Crippen molar-refractivity contribution in [3.05, 3.63) is 76.5 Å². The average Bonchev–Trinajstić information content (AvgIpc) is 2.82. The number of benzene rings is 2. The molecule has 6 heteroatoms. The Labute approximate surface area is 205 Å². The first-order valence-electron chi connectivity index (χ1n) is 11.7. The van der Waals surface area contributed by atoms with Crippen molar-refractivity contribution in [2.24, 2.45) is 5.73 Å². The van der Waals surface area contributed by atoms with Gasteiger partial charge in [-0.05, 0) is 60.9 Å². The lowest BCUT2D eigenvalue weighted by molar-refractivity contribution is 0.547. The average molecular weight is 481 g/mol. The molecule has 0 radical (unpaired) electrons. The van der Waals surface area contributed by atoms with Crippen LogP contribution in [-0.2, 0) is 0 Å². The second-order valence-corrected chi connectivity index (χ2v) is 9.40. The van der Waals surface area contributed by atoms with E-state index in [0.29, 0.717) is 10.0 Å². The lowest BCUT2D eigenvalue weighted by atomic mass is 9.97. The number of anilines is 1. The molecule has 172 valence electrons. The normalized spacial score (nSPS) is 12.3. The number of pyridine rings is 2. The summed E-state index contributed by atoms with van der Waals surface area (Å²) >= 11 is 12.2. The zero-order chi connectivity index (χ0) is 23.0. The molecule has 1 unspecified atom stereocenters. The van der Waals surface area contributed by atoms with Crippen LogP contribution in [0.3, 0.4) is 0 Å². The summed E-state index contributed by atoms with van der Waals surface area (Å²) in [4.78, 5) is 8.81. The number of hydrogen-bond acceptors (Lipinski definition) is 4. The van der Waals surface area contributed by atoms with Gasteiger partial charge in [-0.2, -0.15) is 0 Å². The summed E-state index contributed by atoms with van der Waals surface area (Å²) in [6, 6.07) is 15.8. The Morgan fingerprint density at radius 3 is 2.09 bits per heavy atom. The number of hydrogen-bond donors (Lipinski definition) is 2. The standard InChI is InChI=1S/C27H30Cl2N4/c28-19-8-10-22-21(12-15-32-26(22)17-19)24(30)7-5-3-1-2-4-6-14-31-25-13-16-33-27-18-20(29)9-11-23(25)27/h8-13,15-18,24H,1-7,14,30H2,(H,31,33). The van der Waals surface area contributed by atoms with Crippen LogP contribution >= 0.6 is 23.2 Å². The molecule has 4 nitrogen and oxygen atoms in total. The van der Waals surface area contributed by atoms with E-state index in [2.05, 4.69) is 15.3 Å². The number of nitrogens with one attached hydrogen (secondary N) is 1. The van der Waals surface area contributed by atoms with Gasteiger partial charge in [0.1, 0.15) is 0 Å². The first-order chi connectivity index (χ1) is 16.1. The number of fused-ring (bicyclic) bond motifs is 2. The SMILES string of the molecule is NC(CCCCCCCCNc1ccnc2cc(Cl)ccc12)c1ccnc2cc(Cl)ccc12. The number of nitrogens with two attached hydrogens (primary N) is 1. The number of aromatic nitrogens is 2. The molecule has 0 aliphatic rings. The molecule has 2 aromatic carbocycles. The highest BCUT2D eigenvalue weighted by Gasteiger charge is 2.10. The van der Waals surface area contributed by atoms with Crippen molar-refractivity contribution >= 4 is 50.7 Å². The Kier molecular flexibility index (Phi) is 8.38. The molecular weight excluding hydrogens is 451 g/mol. The molecule has 0 aliphatic carbocycles. The van der Waals surface area contributed by atoms with Crippen molar-refractivity contribution in [2.75, 3.05) is 11.9 Å². The van der Waals surface area contributed by atoms with E-state index in [1.54, 1.807) is 0 Å². The number of rotatable bonds is 11. The van der Waals surface area contributed by atoms with Crippen LogP contribution in [-0.4, -0.2) is 16.5 Å². The molecule has 0 bridgehead atoms. The van der Waals surface area contributed by atoms with Gasteiger partial charge in [-0.25, -0.2) is 0 Å². The van der Waals surface area contributed by atoms with Crippen molar-refractivity contribution < 1.29 is 0 Å². The van der Waals surface area contributed by atoms with Gasteiger partial charge in [-0.15, -0.1) is 0 Å². The third kappa shape index (κ3) is 6.35. The Morgan fingerprint density at radius 2 is 1.33 bits per heavy atom. The minimum atomic E-state index is 0.0333. The van der Waals surface area contributed by atoms with E-state index in [1.165, 1.54) is 25.7 Å². The van der Waals surface area contributed by atoms with Gasteiger partial charge in [0, 0.05) is 51.5 Å². The minimum Gasteiger partial charge on any atom is -0.384 e. The number of halogens is 2. The van der Waals surface area contributed by atoms with Gasteiger partial charge < -0.3 is 11.1 Å². The highest BCUT2D eigenvalue weighted by Crippen LogP contribution is 2.27. The van der Waals surface area contributed by atoms with E-state index in [9.17, 15) is 0 Å². The van der Waals surface area contributed by atoms with Gasteiger partial charge in [-0.3, -0.25) is 9.97 Å². The van der Waals surface area contributed by atoms with Crippen molar-refractivity contribution in [3.63, 3.8) is 0 Å². The van der Waals surface area contributed by atoms with Gasteiger partial charge in [0.25, 0.3) is 0 Å². The molecule has 0 aliphatic heterocycles. The lowest BCUT2D eigenvalue weighted by Crippen LogP contribution is -2.11. The maximum Gasteiger partial charge on any atom is 0.0737 e. The Balaban J connectivity index is 1.13. The van der Waals surface area contributed by atoms with Crippen LogP contribution in [0.1, 0.15) is 56.6 Å². The second-order valence-electron chi connectivity index (χ2n) is 8.52. The van der Waals surface area contributed by atoms with Gasteiger partial charge >= 0.3 is 0 Å². The van der Waals surface area contributed by atoms with E-state index >= 15 is 0 Å². The summed E-state index contributed by atoms with van der Waals surface area (Å²) in [6.45, 7) is 0.964. The summed E-state index contributed by atoms with van der Waals surface area (Å²) in [5, 5.41) is 7.18. The quantitative estimate of drug-likeness (QED) is 0.214. The molecule has 33 heavy (non-hydrogen) atoms. The van der Waals surface area contributed by atoms with Crippen LogP contribution in [0.2, 0.25) is 10.0 Å². The second kappa shape index (κ2) is 11.6.